The molecular weight excluding hydrogens is 320 g/mol. The number of sulfonamides is 1. The van der Waals surface area contributed by atoms with Crippen LogP contribution in [0.25, 0.3) is 0 Å². The second-order valence-corrected chi connectivity index (χ2v) is 7.63. The SMILES string of the molecule is Cc1ccc(C(=O)N(CC(=O)O)CC(C)C)cc1NS(C)(=O)=O. The van der Waals surface area contributed by atoms with E-state index in [0.29, 0.717) is 17.8 Å². The van der Waals surface area contributed by atoms with E-state index in [9.17, 15) is 18.0 Å². The lowest BCUT2D eigenvalue weighted by atomic mass is 10.1. The van der Waals surface area contributed by atoms with Crippen molar-refractivity contribution in [2.75, 3.05) is 24.1 Å². The summed E-state index contributed by atoms with van der Waals surface area (Å²) in [5.74, 6) is -1.43. The van der Waals surface area contributed by atoms with E-state index in [2.05, 4.69) is 4.72 Å². The first-order chi connectivity index (χ1) is 10.5. The first-order valence-corrected chi connectivity index (χ1v) is 8.98. The van der Waals surface area contributed by atoms with Crippen LogP contribution in [0.1, 0.15) is 29.8 Å². The van der Waals surface area contributed by atoms with E-state index in [-0.39, 0.29) is 11.5 Å². The molecule has 0 saturated carbocycles. The Kier molecular flexibility index (Phi) is 6.14. The normalized spacial score (nSPS) is 11.3. The number of aryl methyl sites for hydroxylation is 1. The summed E-state index contributed by atoms with van der Waals surface area (Å²) in [6.45, 7) is 5.38. The van der Waals surface area contributed by atoms with Gasteiger partial charge in [0.05, 0.1) is 11.9 Å². The monoisotopic (exact) mass is 342 g/mol. The molecule has 0 radical (unpaired) electrons. The van der Waals surface area contributed by atoms with Gasteiger partial charge < -0.3 is 10.0 Å². The standard InChI is InChI=1S/C15H22N2O5S/c1-10(2)8-17(9-14(18)19)15(20)12-6-5-11(3)13(7-12)16-23(4,21)22/h5-7,10,16H,8-9H2,1-4H3,(H,18,19). The average molecular weight is 342 g/mol. The van der Waals surface area contributed by atoms with Gasteiger partial charge in [-0.15, -0.1) is 0 Å². The van der Waals surface area contributed by atoms with Crippen LogP contribution in [0.4, 0.5) is 5.69 Å². The van der Waals surface area contributed by atoms with Crippen LogP contribution in [0.15, 0.2) is 18.2 Å². The Morgan fingerprint density at radius 2 is 1.91 bits per heavy atom. The first-order valence-electron chi connectivity index (χ1n) is 7.09. The number of carbonyl (C=O) groups excluding carboxylic acids is 1. The summed E-state index contributed by atoms with van der Waals surface area (Å²) in [6.07, 6.45) is 1.02. The minimum absolute atomic E-state index is 0.109. The molecule has 7 nitrogen and oxygen atoms in total. The number of hydrogen-bond donors (Lipinski definition) is 2. The smallest absolute Gasteiger partial charge is 0.323 e. The molecule has 8 heteroatoms. The van der Waals surface area contributed by atoms with E-state index in [1.807, 2.05) is 13.8 Å². The minimum Gasteiger partial charge on any atom is -0.480 e. The summed E-state index contributed by atoms with van der Waals surface area (Å²) in [4.78, 5) is 24.7. The van der Waals surface area contributed by atoms with E-state index in [1.165, 1.54) is 11.0 Å². The quantitative estimate of drug-likeness (QED) is 0.782. The molecule has 23 heavy (non-hydrogen) atoms. The van der Waals surface area contributed by atoms with Crippen LogP contribution >= 0.6 is 0 Å². The Hall–Kier alpha value is -2.09. The predicted molar refractivity (Wildman–Crippen MR) is 88.0 cm³/mol. The number of amides is 1. The fourth-order valence-electron chi connectivity index (χ4n) is 2.07. The molecule has 1 aromatic rings. The molecule has 1 amide bonds. The number of carboxylic acids is 1. The molecule has 0 atom stereocenters. The third kappa shape index (κ3) is 6.27. The van der Waals surface area contributed by atoms with Crippen molar-refractivity contribution >= 4 is 27.6 Å². The van der Waals surface area contributed by atoms with Crippen molar-refractivity contribution in [3.63, 3.8) is 0 Å². The number of nitrogens with zero attached hydrogens (tertiary/aromatic N) is 1. The predicted octanol–water partition coefficient (Wildman–Crippen LogP) is 1.55. The van der Waals surface area contributed by atoms with Gasteiger partial charge in [-0.25, -0.2) is 8.42 Å². The number of hydrogen-bond acceptors (Lipinski definition) is 4. The highest BCUT2D eigenvalue weighted by Crippen LogP contribution is 2.19. The maximum atomic E-state index is 12.5. The summed E-state index contributed by atoms with van der Waals surface area (Å²) in [6, 6.07) is 4.60. The summed E-state index contributed by atoms with van der Waals surface area (Å²) in [5.41, 5.74) is 1.21. The number of anilines is 1. The minimum atomic E-state index is -3.47. The van der Waals surface area contributed by atoms with Crippen LogP contribution in [0.2, 0.25) is 0 Å². The van der Waals surface area contributed by atoms with Gasteiger partial charge in [-0.1, -0.05) is 19.9 Å². The van der Waals surface area contributed by atoms with E-state index >= 15 is 0 Å². The van der Waals surface area contributed by atoms with Crippen LogP contribution in [0.5, 0.6) is 0 Å². The number of rotatable bonds is 7. The highest BCUT2D eigenvalue weighted by molar-refractivity contribution is 7.92. The van der Waals surface area contributed by atoms with Gasteiger partial charge in [0.15, 0.2) is 0 Å². The fraction of sp³-hybridized carbons (Fsp3) is 0.467. The van der Waals surface area contributed by atoms with Crippen LogP contribution in [-0.4, -0.2) is 49.6 Å². The summed E-state index contributed by atoms with van der Waals surface area (Å²) < 4.78 is 25.1. The zero-order valence-corrected chi connectivity index (χ0v) is 14.5. The Morgan fingerprint density at radius 1 is 1.30 bits per heavy atom. The van der Waals surface area contributed by atoms with Crippen LogP contribution < -0.4 is 4.72 Å². The molecule has 1 aromatic carbocycles. The largest absolute Gasteiger partial charge is 0.480 e. The summed E-state index contributed by atoms with van der Waals surface area (Å²) in [5, 5.41) is 8.96. The van der Waals surface area contributed by atoms with E-state index in [4.69, 9.17) is 5.11 Å². The molecule has 0 bridgehead atoms. The lowest BCUT2D eigenvalue weighted by Crippen LogP contribution is -2.38. The van der Waals surface area contributed by atoms with Gasteiger partial charge in [0.1, 0.15) is 6.54 Å². The zero-order chi connectivity index (χ0) is 17.8. The van der Waals surface area contributed by atoms with Gasteiger partial charge >= 0.3 is 5.97 Å². The van der Waals surface area contributed by atoms with Crippen LogP contribution in [0, 0.1) is 12.8 Å². The Labute approximate surface area is 136 Å². The van der Waals surface area contributed by atoms with Gasteiger partial charge in [0.25, 0.3) is 5.91 Å². The molecule has 0 fully saturated rings. The van der Waals surface area contributed by atoms with E-state index in [0.717, 1.165) is 6.26 Å². The maximum absolute atomic E-state index is 12.5. The number of carboxylic acid groups (broad SMARTS) is 1. The maximum Gasteiger partial charge on any atom is 0.323 e. The van der Waals surface area contributed by atoms with Crippen LogP contribution in [-0.2, 0) is 14.8 Å². The van der Waals surface area contributed by atoms with Gasteiger partial charge in [0, 0.05) is 12.1 Å². The third-order valence-electron chi connectivity index (χ3n) is 2.98. The summed E-state index contributed by atoms with van der Waals surface area (Å²) in [7, 11) is -3.47. The first kappa shape index (κ1) is 19.0. The van der Waals surface area contributed by atoms with Gasteiger partial charge in [0.2, 0.25) is 10.0 Å². The molecule has 0 aromatic heterocycles. The van der Waals surface area contributed by atoms with Crippen molar-refractivity contribution < 1.29 is 23.1 Å². The lowest BCUT2D eigenvalue weighted by molar-refractivity contribution is -0.137. The van der Waals surface area contributed by atoms with E-state index < -0.39 is 28.4 Å². The molecule has 0 saturated heterocycles. The molecule has 128 valence electrons. The van der Waals surface area contributed by atoms with Crippen LogP contribution in [0.3, 0.4) is 0 Å². The van der Waals surface area contributed by atoms with Crippen molar-refractivity contribution in [1.82, 2.24) is 4.90 Å². The molecular formula is C15H22N2O5S. The number of aliphatic carboxylic acids is 1. The molecule has 0 aliphatic rings. The number of carbonyl (C=O) groups is 2. The highest BCUT2D eigenvalue weighted by atomic mass is 32.2. The number of nitrogens with one attached hydrogen (secondary N) is 1. The summed E-state index contributed by atoms with van der Waals surface area (Å²) >= 11 is 0. The Bertz CT molecular complexity index is 698. The second-order valence-electron chi connectivity index (χ2n) is 5.88. The second kappa shape index (κ2) is 7.45. The Morgan fingerprint density at radius 3 is 2.39 bits per heavy atom. The van der Waals surface area contributed by atoms with E-state index in [1.54, 1.807) is 19.1 Å². The van der Waals surface area contributed by atoms with Crippen molar-refractivity contribution in [3.8, 4) is 0 Å². The molecule has 1 rings (SSSR count). The molecule has 0 spiro atoms. The molecule has 2 N–H and O–H groups in total. The molecule has 0 heterocycles. The van der Waals surface area contributed by atoms with Gasteiger partial charge in [-0.05, 0) is 30.5 Å². The Balaban J connectivity index is 3.14. The van der Waals surface area contributed by atoms with Crippen molar-refractivity contribution in [1.29, 1.82) is 0 Å². The van der Waals surface area contributed by atoms with Crippen molar-refractivity contribution in [3.05, 3.63) is 29.3 Å². The van der Waals surface area contributed by atoms with Crippen molar-refractivity contribution in [2.45, 2.75) is 20.8 Å². The third-order valence-corrected chi connectivity index (χ3v) is 3.57. The highest BCUT2D eigenvalue weighted by Gasteiger charge is 2.20. The average Bonchev–Trinajstić information content (AvgIpc) is 2.37. The molecule has 0 unspecified atom stereocenters. The van der Waals surface area contributed by atoms with Crippen molar-refractivity contribution in [2.24, 2.45) is 5.92 Å². The topological polar surface area (TPSA) is 104 Å². The fourth-order valence-corrected chi connectivity index (χ4v) is 2.69. The lowest BCUT2D eigenvalue weighted by Gasteiger charge is -2.23. The van der Waals surface area contributed by atoms with Gasteiger partial charge in [-0.3, -0.25) is 14.3 Å². The van der Waals surface area contributed by atoms with Gasteiger partial charge in [-0.2, -0.15) is 0 Å². The molecule has 0 aliphatic carbocycles. The molecule has 0 aliphatic heterocycles. The number of benzene rings is 1. The zero-order valence-electron chi connectivity index (χ0n) is 13.7.